The number of rotatable bonds is 6. The Hall–Kier alpha value is -2.25. The van der Waals surface area contributed by atoms with E-state index in [0.29, 0.717) is 27.1 Å². The van der Waals surface area contributed by atoms with Gasteiger partial charge in [-0.15, -0.1) is 11.3 Å². The molecule has 0 atom stereocenters. The first-order chi connectivity index (χ1) is 13.0. The zero-order chi connectivity index (χ0) is 19.4. The van der Waals surface area contributed by atoms with Gasteiger partial charge in [0.05, 0.1) is 24.9 Å². The minimum Gasteiger partial charge on any atom is -0.495 e. The molecule has 8 heteroatoms. The van der Waals surface area contributed by atoms with Crippen LogP contribution in [0.2, 0.25) is 5.02 Å². The molecule has 0 radical (unpaired) electrons. The molecule has 144 valence electrons. The van der Waals surface area contributed by atoms with Gasteiger partial charge < -0.3 is 19.5 Å². The summed E-state index contributed by atoms with van der Waals surface area (Å²) < 4.78 is 15.5. The first-order valence-corrected chi connectivity index (χ1v) is 9.71. The largest absolute Gasteiger partial charge is 0.495 e. The monoisotopic (exact) mass is 409 g/mol. The van der Waals surface area contributed by atoms with Crippen LogP contribution in [-0.4, -0.2) is 32.7 Å². The summed E-state index contributed by atoms with van der Waals surface area (Å²) in [4.78, 5) is 26.2. The molecule has 0 aliphatic heterocycles. The predicted octanol–water partition coefficient (Wildman–Crippen LogP) is 4.09. The number of hydrogen-bond acceptors (Lipinski definition) is 6. The SMILES string of the molecule is COc1cc(OC)c(NC(=O)COC(=O)c2cc3c(s2)CCCC3)cc1Cl. The van der Waals surface area contributed by atoms with E-state index < -0.39 is 18.5 Å². The molecule has 3 rings (SSSR count). The summed E-state index contributed by atoms with van der Waals surface area (Å²) in [5.41, 5.74) is 1.59. The topological polar surface area (TPSA) is 73.9 Å². The Balaban J connectivity index is 1.60. The molecule has 1 aliphatic carbocycles. The molecule has 0 bridgehead atoms. The molecule has 0 saturated carbocycles. The minimum absolute atomic E-state index is 0.328. The highest BCUT2D eigenvalue weighted by atomic mass is 35.5. The van der Waals surface area contributed by atoms with Gasteiger partial charge in [-0.2, -0.15) is 0 Å². The quantitative estimate of drug-likeness (QED) is 0.727. The number of anilines is 1. The normalized spacial score (nSPS) is 12.9. The third kappa shape index (κ3) is 4.54. The molecule has 1 aromatic carbocycles. The van der Waals surface area contributed by atoms with E-state index in [2.05, 4.69) is 5.32 Å². The highest BCUT2D eigenvalue weighted by molar-refractivity contribution is 7.14. The molecule has 0 spiro atoms. The van der Waals surface area contributed by atoms with Crippen LogP contribution in [0.5, 0.6) is 11.5 Å². The Morgan fingerprint density at radius 2 is 1.85 bits per heavy atom. The van der Waals surface area contributed by atoms with Crippen molar-refractivity contribution in [2.45, 2.75) is 25.7 Å². The molecule has 0 saturated heterocycles. The van der Waals surface area contributed by atoms with Crippen molar-refractivity contribution in [3.05, 3.63) is 38.5 Å². The second-order valence-corrected chi connectivity index (χ2v) is 7.62. The molecule has 0 fully saturated rings. The van der Waals surface area contributed by atoms with Gasteiger partial charge in [0.15, 0.2) is 6.61 Å². The molecule has 1 heterocycles. The lowest BCUT2D eigenvalue weighted by Crippen LogP contribution is -2.21. The molecule has 0 unspecified atom stereocenters. The van der Waals surface area contributed by atoms with Crippen LogP contribution in [0, 0.1) is 0 Å². The Bertz CT molecular complexity index is 841. The third-order valence-electron chi connectivity index (χ3n) is 4.28. The predicted molar refractivity (Wildman–Crippen MR) is 104 cm³/mol. The van der Waals surface area contributed by atoms with E-state index in [-0.39, 0.29) is 0 Å². The van der Waals surface area contributed by atoms with Gasteiger partial charge in [-0.25, -0.2) is 4.79 Å². The van der Waals surface area contributed by atoms with Crippen LogP contribution in [0.4, 0.5) is 5.69 Å². The van der Waals surface area contributed by atoms with Crippen molar-refractivity contribution >= 4 is 40.5 Å². The Morgan fingerprint density at radius 1 is 1.11 bits per heavy atom. The molecule has 27 heavy (non-hydrogen) atoms. The first kappa shape index (κ1) is 19.5. The number of benzene rings is 1. The van der Waals surface area contributed by atoms with E-state index in [1.54, 1.807) is 6.07 Å². The number of carbonyl (C=O) groups excluding carboxylic acids is 2. The zero-order valence-electron chi connectivity index (χ0n) is 15.1. The summed E-state index contributed by atoms with van der Waals surface area (Å²) in [5.74, 6) is -0.144. The number of thiophene rings is 1. The average Bonchev–Trinajstić information content (AvgIpc) is 3.10. The molecule has 1 amide bonds. The maximum atomic E-state index is 12.2. The number of halogens is 1. The van der Waals surface area contributed by atoms with Gasteiger partial charge in [-0.3, -0.25) is 4.79 Å². The number of hydrogen-bond donors (Lipinski definition) is 1. The van der Waals surface area contributed by atoms with Crippen molar-refractivity contribution < 1.29 is 23.8 Å². The first-order valence-electron chi connectivity index (χ1n) is 8.52. The van der Waals surface area contributed by atoms with Gasteiger partial charge in [0.2, 0.25) is 0 Å². The summed E-state index contributed by atoms with van der Waals surface area (Å²) in [6.07, 6.45) is 4.30. The number of aryl methyl sites for hydroxylation is 2. The van der Waals surface area contributed by atoms with E-state index >= 15 is 0 Å². The van der Waals surface area contributed by atoms with Crippen LogP contribution in [0.25, 0.3) is 0 Å². The van der Waals surface area contributed by atoms with Crippen molar-refractivity contribution in [1.82, 2.24) is 0 Å². The number of nitrogens with one attached hydrogen (secondary N) is 1. The van der Waals surface area contributed by atoms with Gasteiger partial charge in [0.1, 0.15) is 16.4 Å². The standard InChI is InChI=1S/C19H20ClNO5S/c1-24-14-9-15(25-2)13(8-12(14)20)21-18(22)10-26-19(23)17-7-11-5-3-4-6-16(11)27-17/h7-9H,3-6,10H2,1-2H3,(H,21,22). The van der Waals surface area contributed by atoms with Crippen LogP contribution in [-0.2, 0) is 22.4 Å². The average molecular weight is 410 g/mol. The second kappa shape index (κ2) is 8.63. The number of ether oxygens (including phenoxy) is 3. The van der Waals surface area contributed by atoms with E-state index in [9.17, 15) is 9.59 Å². The highest BCUT2D eigenvalue weighted by Gasteiger charge is 2.19. The van der Waals surface area contributed by atoms with Crippen molar-refractivity contribution in [3.8, 4) is 11.5 Å². The zero-order valence-corrected chi connectivity index (χ0v) is 16.7. The number of amides is 1. The summed E-state index contributed by atoms with van der Waals surface area (Å²) in [6.45, 7) is -0.395. The van der Waals surface area contributed by atoms with E-state index in [0.717, 1.165) is 25.7 Å². The van der Waals surface area contributed by atoms with Gasteiger partial charge in [-0.05, 0) is 43.4 Å². The van der Waals surface area contributed by atoms with Gasteiger partial charge in [-0.1, -0.05) is 11.6 Å². The lowest BCUT2D eigenvalue weighted by molar-refractivity contribution is -0.119. The molecule has 1 aromatic heterocycles. The fraction of sp³-hybridized carbons (Fsp3) is 0.368. The Labute approximate surface area is 166 Å². The molecular weight excluding hydrogens is 390 g/mol. The van der Waals surface area contributed by atoms with Crippen molar-refractivity contribution in [3.63, 3.8) is 0 Å². The van der Waals surface area contributed by atoms with Gasteiger partial charge >= 0.3 is 5.97 Å². The Kier molecular flexibility index (Phi) is 6.23. The number of methoxy groups -OCH3 is 2. The fourth-order valence-corrected chi connectivity index (χ4v) is 4.33. The summed E-state index contributed by atoms with van der Waals surface area (Å²) in [7, 11) is 2.96. The van der Waals surface area contributed by atoms with Crippen LogP contribution >= 0.6 is 22.9 Å². The highest BCUT2D eigenvalue weighted by Crippen LogP contribution is 2.36. The smallest absolute Gasteiger partial charge is 0.348 e. The minimum atomic E-state index is -0.482. The Morgan fingerprint density at radius 3 is 2.56 bits per heavy atom. The maximum Gasteiger partial charge on any atom is 0.348 e. The summed E-state index contributed by atoms with van der Waals surface area (Å²) in [6, 6.07) is 4.97. The van der Waals surface area contributed by atoms with Crippen molar-refractivity contribution in [2.24, 2.45) is 0 Å². The summed E-state index contributed by atoms with van der Waals surface area (Å²) in [5, 5.41) is 2.96. The van der Waals surface area contributed by atoms with Crippen LogP contribution in [0.15, 0.2) is 18.2 Å². The number of esters is 1. The molecular formula is C19H20ClNO5S. The van der Waals surface area contributed by atoms with Gasteiger partial charge in [0, 0.05) is 10.9 Å². The van der Waals surface area contributed by atoms with Gasteiger partial charge in [0.25, 0.3) is 5.91 Å². The lowest BCUT2D eigenvalue weighted by atomic mass is 9.99. The summed E-state index contributed by atoms with van der Waals surface area (Å²) >= 11 is 7.54. The third-order valence-corrected chi connectivity index (χ3v) is 5.79. The van der Waals surface area contributed by atoms with E-state index in [1.807, 2.05) is 6.07 Å². The molecule has 2 aromatic rings. The van der Waals surface area contributed by atoms with Crippen molar-refractivity contribution in [1.29, 1.82) is 0 Å². The molecule has 1 N–H and O–H groups in total. The van der Waals surface area contributed by atoms with E-state index in [1.165, 1.54) is 42.1 Å². The number of carbonyl (C=O) groups is 2. The molecule has 1 aliphatic rings. The second-order valence-electron chi connectivity index (χ2n) is 6.08. The van der Waals surface area contributed by atoms with Crippen LogP contribution in [0.3, 0.4) is 0 Å². The van der Waals surface area contributed by atoms with Crippen molar-refractivity contribution in [2.75, 3.05) is 26.1 Å². The number of fused-ring (bicyclic) bond motifs is 1. The molecule has 6 nitrogen and oxygen atoms in total. The van der Waals surface area contributed by atoms with Crippen LogP contribution < -0.4 is 14.8 Å². The lowest BCUT2D eigenvalue weighted by Gasteiger charge is -2.13. The fourth-order valence-electron chi connectivity index (χ4n) is 2.94. The maximum absolute atomic E-state index is 12.2. The van der Waals surface area contributed by atoms with E-state index in [4.69, 9.17) is 25.8 Å². The van der Waals surface area contributed by atoms with Crippen LogP contribution in [0.1, 0.15) is 33.0 Å².